The van der Waals surface area contributed by atoms with Gasteiger partial charge in [-0.1, -0.05) is 0 Å². The van der Waals surface area contributed by atoms with Crippen LogP contribution in [0.2, 0.25) is 0 Å². The maximum Gasteiger partial charge on any atom is 1.00 e. The largest absolute Gasteiger partial charge is 1.00 e. The third-order valence-corrected chi connectivity index (χ3v) is 1.85. The summed E-state index contributed by atoms with van der Waals surface area (Å²) in [7, 11) is 0. The predicted molar refractivity (Wildman–Crippen MR) is 35.2 cm³/mol. The number of thiazole rings is 1. The van der Waals surface area contributed by atoms with Crippen LogP contribution in [0, 0.1) is 0 Å². The molecule has 0 radical (unpaired) electrons. The number of aromatic nitrogens is 1. The van der Waals surface area contributed by atoms with E-state index in [0.717, 1.165) is 5.38 Å². The van der Waals surface area contributed by atoms with Crippen LogP contribution in [0.1, 0.15) is 16.9 Å². The molecule has 1 aromatic rings. The second-order valence-electron chi connectivity index (χ2n) is 1.84. The number of halogens is 3. The minimum atomic E-state index is -4.56. The van der Waals surface area contributed by atoms with E-state index in [1.54, 1.807) is 0 Å². The summed E-state index contributed by atoms with van der Waals surface area (Å²) in [5.41, 5.74) is -0.577. The molecule has 0 saturated carbocycles. The first-order chi connectivity index (χ1) is 5.41. The Bertz CT molecular complexity index is 316. The van der Waals surface area contributed by atoms with E-state index in [4.69, 9.17) is 5.11 Å². The third-order valence-electron chi connectivity index (χ3n) is 0.966. The monoisotopic (exact) mass is 205 g/mol. The molecule has 0 amide bonds. The van der Waals surface area contributed by atoms with E-state index in [2.05, 4.69) is 4.98 Å². The van der Waals surface area contributed by atoms with E-state index in [0.29, 0.717) is 0 Å². The van der Waals surface area contributed by atoms with Crippen LogP contribution in [-0.4, -0.2) is 16.1 Å². The summed E-state index contributed by atoms with van der Waals surface area (Å²) in [5, 5.41) is 7.95. The normalized spacial score (nSPS) is 10.7. The van der Waals surface area contributed by atoms with Crippen LogP contribution in [0.5, 0.6) is 0 Å². The molecule has 1 rings (SSSR count). The van der Waals surface area contributed by atoms with Crippen molar-refractivity contribution in [1.82, 2.24) is 4.98 Å². The molecular formula is C5H3F3LiNO2S. The molecule has 0 atom stereocenters. The molecule has 0 fully saturated rings. The van der Waals surface area contributed by atoms with Gasteiger partial charge in [-0.3, -0.25) is 0 Å². The quantitative estimate of drug-likeness (QED) is 0.597. The molecule has 13 heavy (non-hydrogen) atoms. The fourth-order valence-electron chi connectivity index (χ4n) is 0.502. The number of nitrogens with zero attached hydrogens (tertiary/aromatic N) is 1. The van der Waals surface area contributed by atoms with Gasteiger partial charge >= 0.3 is 31.0 Å². The van der Waals surface area contributed by atoms with Gasteiger partial charge in [-0.2, -0.15) is 13.2 Å². The molecule has 0 spiro atoms. The Hall–Kier alpha value is -0.513. The molecule has 1 heterocycles. The minimum absolute atomic E-state index is 0. The topological polar surface area (TPSA) is 50.2 Å². The Morgan fingerprint density at radius 3 is 2.38 bits per heavy atom. The zero-order valence-corrected chi connectivity index (χ0v) is 7.24. The van der Waals surface area contributed by atoms with Crippen LogP contribution >= 0.6 is 11.3 Å². The van der Waals surface area contributed by atoms with Gasteiger partial charge in [0.1, 0.15) is 0 Å². The smallest absolute Gasteiger partial charge is 1.00 e. The van der Waals surface area contributed by atoms with Crippen LogP contribution < -0.4 is 18.9 Å². The molecule has 0 unspecified atom stereocenters. The third kappa shape index (κ3) is 3.03. The second-order valence-corrected chi connectivity index (χ2v) is 2.70. The molecule has 0 bridgehead atoms. The number of carboxylic acid groups (broad SMARTS) is 1. The van der Waals surface area contributed by atoms with Crippen molar-refractivity contribution >= 4 is 17.3 Å². The summed E-state index contributed by atoms with van der Waals surface area (Å²) < 4.78 is 35.5. The van der Waals surface area contributed by atoms with Crippen LogP contribution in [0.15, 0.2) is 5.38 Å². The summed E-state index contributed by atoms with van der Waals surface area (Å²) in [4.78, 5) is 13.0. The number of carbonyl (C=O) groups is 1. The van der Waals surface area contributed by atoms with Gasteiger partial charge < -0.3 is 6.53 Å². The van der Waals surface area contributed by atoms with Crippen molar-refractivity contribution in [2.75, 3.05) is 0 Å². The standard InChI is InChI=1S/C5H2F3NO2S.Li.H/c6-5(7,8)4-9-2(1-12-4)3(10)11;;/h1H,(H,10,11);;/q;+1;-1. The van der Waals surface area contributed by atoms with Crippen LogP contribution in [0.3, 0.4) is 0 Å². The molecule has 1 N–H and O–H groups in total. The van der Waals surface area contributed by atoms with E-state index in [1.165, 1.54) is 0 Å². The minimum Gasteiger partial charge on any atom is -1.00 e. The van der Waals surface area contributed by atoms with Crippen molar-refractivity contribution < 1.29 is 43.4 Å². The Morgan fingerprint density at radius 1 is 1.62 bits per heavy atom. The van der Waals surface area contributed by atoms with Crippen molar-refractivity contribution in [3.8, 4) is 0 Å². The number of rotatable bonds is 1. The van der Waals surface area contributed by atoms with Crippen LogP contribution in [-0.2, 0) is 6.18 Å². The van der Waals surface area contributed by atoms with Crippen molar-refractivity contribution in [3.05, 3.63) is 16.1 Å². The Balaban J connectivity index is 0. The van der Waals surface area contributed by atoms with Crippen molar-refractivity contribution in [2.45, 2.75) is 6.18 Å². The summed E-state index contributed by atoms with van der Waals surface area (Å²) in [6.45, 7) is 0. The van der Waals surface area contributed by atoms with E-state index in [1.807, 2.05) is 0 Å². The zero-order chi connectivity index (χ0) is 9.35. The molecule has 0 aromatic carbocycles. The average Bonchev–Trinajstić information content (AvgIpc) is 2.30. The van der Waals surface area contributed by atoms with E-state index in [-0.39, 0.29) is 31.6 Å². The van der Waals surface area contributed by atoms with Gasteiger partial charge in [0.05, 0.1) is 0 Å². The number of hydrogen-bond donors (Lipinski definition) is 1. The second kappa shape index (κ2) is 4.13. The maximum atomic E-state index is 11.8. The Labute approximate surface area is 88.3 Å². The van der Waals surface area contributed by atoms with Gasteiger partial charge in [-0.25, -0.2) is 9.78 Å². The van der Waals surface area contributed by atoms with E-state index < -0.39 is 22.8 Å². The fourth-order valence-corrected chi connectivity index (χ4v) is 1.16. The molecule has 8 heteroatoms. The first kappa shape index (κ1) is 12.5. The van der Waals surface area contributed by atoms with Gasteiger partial charge in [0, 0.05) is 5.38 Å². The molecule has 0 aliphatic heterocycles. The molecule has 0 aliphatic rings. The summed E-state index contributed by atoms with van der Waals surface area (Å²) >= 11 is 0.268. The Morgan fingerprint density at radius 2 is 2.15 bits per heavy atom. The van der Waals surface area contributed by atoms with Crippen molar-refractivity contribution in [3.63, 3.8) is 0 Å². The SMILES string of the molecule is O=C(O)c1csc(C(F)(F)F)n1.[H-].[Li+]. The van der Waals surface area contributed by atoms with E-state index >= 15 is 0 Å². The first-order valence-corrected chi connectivity index (χ1v) is 3.55. The zero-order valence-electron chi connectivity index (χ0n) is 7.42. The van der Waals surface area contributed by atoms with Gasteiger partial charge in [-0.05, 0) is 0 Å². The van der Waals surface area contributed by atoms with Gasteiger partial charge in [-0.15, -0.1) is 11.3 Å². The molecular weight excluding hydrogens is 202 g/mol. The number of aromatic carboxylic acids is 1. The predicted octanol–water partition coefficient (Wildman–Crippen LogP) is -1.02. The van der Waals surface area contributed by atoms with Crippen molar-refractivity contribution in [2.24, 2.45) is 0 Å². The number of alkyl halides is 3. The Kier molecular flexibility index (Phi) is 3.97. The molecule has 3 nitrogen and oxygen atoms in total. The number of carboxylic acids is 1. The van der Waals surface area contributed by atoms with Crippen molar-refractivity contribution in [1.29, 1.82) is 0 Å². The molecule has 0 saturated heterocycles. The maximum absolute atomic E-state index is 11.8. The summed E-state index contributed by atoms with van der Waals surface area (Å²) in [6, 6.07) is 0. The van der Waals surface area contributed by atoms with Gasteiger partial charge in [0.2, 0.25) is 0 Å². The summed E-state index contributed by atoms with van der Waals surface area (Å²) in [5.74, 6) is -1.46. The van der Waals surface area contributed by atoms with E-state index in [9.17, 15) is 18.0 Å². The first-order valence-electron chi connectivity index (χ1n) is 2.67. The molecule has 1 aromatic heterocycles. The molecule has 0 aliphatic carbocycles. The number of hydrogen-bond acceptors (Lipinski definition) is 3. The average molecular weight is 205 g/mol. The van der Waals surface area contributed by atoms with Crippen LogP contribution in [0.4, 0.5) is 13.2 Å². The van der Waals surface area contributed by atoms with Gasteiger partial charge in [0.15, 0.2) is 10.7 Å². The summed E-state index contributed by atoms with van der Waals surface area (Å²) in [6.07, 6.45) is -4.56. The van der Waals surface area contributed by atoms with Gasteiger partial charge in [0.25, 0.3) is 0 Å². The van der Waals surface area contributed by atoms with Crippen LogP contribution in [0.25, 0.3) is 0 Å². The molecule has 68 valence electrons. The fraction of sp³-hybridized carbons (Fsp3) is 0.200.